The summed E-state index contributed by atoms with van der Waals surface area (Å²) >= 11 is 1.17. The Morgan fingerprint density at radius 2 is 1.84 bits per heavy atom. The summed E-state index contributed by atoms with van der Waals surface area (Å²) in [6.45, 7) is 3.28. The van der Waals surface area contributed by atoms with Gasteiger partial charge in [0, 0.05) is 23.3 Å². The highest BCUT2D eigenvalue weighted by molar-refractivity contribution is 7.15. The summed E-state index contributed by atoms with van der Waals surface area (Å²) in [6.07, 6.45) is 1.45. The van der Waals surface area contributed by atoms with Crippen LogP contribution in [0.2, 0.25) is 0 Å². The number of nitrogen functional groups attached to an aromatic ring is 1. The third kappa shape index (κ3) is 5.04. The van der Waals surface area contributed by atoms with E-state index in [9.17, 15) is 14.4 Å². The van der Waals surface area contributed by atoms with Gasteiger partial charge in [0.1, 0.15) is 10.6 Å². The standard InChI is InChI=1S/C21H20N4O5S/c1-3-29-20(27)15-14(13-7-5-4-6-8-13)11-31-19(15)25-18(26)12(2)30-21(28)16-17(22)24-10-9-23-16/h4-12H,3H2,1-2H3,(H2,22,24)(H,25,26). The number of nitrogens with two attached hydrogens (primary N) is 1. The molecule has 2 heterocycles. The molecule has 160 valence electrons. The highest BCUT2D eigenvalue weighted by atomic mass is 32.1. The quantitative estimate of drug-likeness (QED) is 0.535. The lowest BCUT2D eigenvalue weighted by Crippen LogP contribution is -2.30. The number of nitrogens with zero attached hydrogens (tertiary/aromatic N) is 2. The third-order valence-corrected chi connectivity index (χ3v) is 5.06. The molecule has 31 heavy (non-hydrogen) atoms. The largest absolute Gasteiger partial charge is 0.462 e. The topological polar surface area (TPSA) is 134 Å². The van der Waals surface area contributed by atoms with Gasteiger partial charge in [0.25, 0.3) is 5.91 Å². The number of benzene rings is 1. The molecule has 9 nitrogen and oxygen atoms in total. The number of amides is 1. The molecular weight excluding hydrogens is 420 g/mol. The molecule has 2 aromatic heterocycles. The summed E-state index contributed by atoms with van der Waals surface area (Å²) in [5.41, 5.74) is 7.11. The van der Waals surface area contributed by atoms with E-state index in [1.807, 2.05) is 30.3 Å². The van der Waals surface area contributed by atoms with Crippen LogP contribution in [-0.4, -0.2) is 40.5 Å². The summed E-state index contributed by atoms with van der Waals surface area (Å²) in [5, 5.41) is 4.70. The van der Waals surface area contributed by atoms with Crippen molar-refractivity contribution in [3.05, 3.63) is 59.4 Å². The lowest BCUT2D eigenvalue weighted by atomic mass is 10.0. The van der Waals surface area contributed by atoms with Crippen LogP contribution in [0.4, 0.5) is 10.8 Å². The van der Waals surface area contributed by atoms with Gasteiger partial charge < -0.3 is 20.5 Å². The van der Waals surface area contributed by atoms with Crippen molar-refractivity contribution in [2.45, 2.75) is 20.0 Å². The van der Waals surface area contributed by atoms with Crippen molar-refractivity contribution >= 4 is 40.0 Å². The van der Waals surface area contributed by atoms with Gasteiger partial charge in [0.2, 0.25) is 0 Å². The number of esters is 2. The molecular formula is C21H20N4O5S. The molecule has 3 aromatic rings. The van der Waals surface area contributed by atoms with E-state index in [2.05, 4.69) is 15.3 Å². The van der Waals surface area contributed by atoms with E-state index >= 15 is 0 Å². The molecule has 0 aliphatic heterocycles. The summed E-state index contributed by atoms with van der Waals surface area (Å²) in [7, 11) is 0. The number of carbonyl (C=O) groups excluding carboxylic acids is 3. The van der Waals surface area contributed by atoms with Crippen LogP contribution in [0, 0.1) is 0 Å². The maximum absolute atomic E-state index is 12.6. The highest BCUT2D eigenvalue weighted by Crippen LogP contribution is 2.36. The van der Waals surface area contributed by atoms with Crippen LogP contribution in [0.3, 0.4) is 0 Å². The van der Waals surface area contributed by atoms with Crippen molar-refractivity contribution in [2.24, 2.45) is 0 Å². The van der Waals surface area contributed by atoms with Crippen LogP contribution in [0.1, 0.15) is 34.7 Å². The van der Waals surface area contributed by atoms with Crippen LogP contribution in [0.25, 0.3) is 11.1 Å². The molecule has 0 aliphatic rings. The molecule has 0 saturated heterocycles. The molecule has 0 spiro atoms. The lowest BCUT2D eigenvalue weighted by Gasteiger charge is -2.14. The van der Waals surface area contributed by atoms with Crippen LogP contribution in [-0.2, 0) is 14.3 Å². The maximum atomic E-state index is 12.6. The first-order chi connectivity index (χ1) is 14.9. The molecule has 0 fully saturated rings. The normalized spacial score (nSPS) is 11.4. The Morgan fingerprint density at radius 1 is 1.13 bits per heavy atom. The van der Waals surface area contributed by atoms with Gasteiger partial charge in [-0.3, -0.25) is 4.79 Å². The Kier molecular flexibility index (Phi) is 6.93. The van der Waals surface area contributed by atoms with Crippen molar-refractivity contribution < 1.29 is 23.9 Å². The average molecular weight is 440 g/mol. The molecule has 0 saturated carbocycles. The van der Waals surface area contributed by atoms with E-state index in [-0.39, 0.29) is 23.7 Å². The zero-order valence-electron chi connectivity index (χ0n) is 16.8. The van der Waals surface area contributed by atoms with Gasteiger partial charge in [0.05, 0.1) is 6.61 Å². The van der Waals surface area contributed by atoms with Crippen molar-refractivity contribution in [1.82, 2.24) is 9.97 Å². The number of hydrogen-bond acceptors (Lipinski definition) is 9. The summed E-state index contributed by atoms with van der Waals surface area (Å²) in [4.78, 5) is 45.0. The van der Waals surface area contributed by atoms with Crippen molar-refractivity contribution in [3.8, 4) is 11.1 Å². The molecule has 3 N–H and O–H groups in total. The van der Waals surface area contributed by atoms with Gasteiger partial charge in [-0.1, -0.05) is 30.3 Å². The third-order valence-electron chi connectivity index (χ3n) is 4.17. The van der Waals surface area contributed by atoms with Gasteiger partial charge in [-0.2, -0.15) is 0 Å². The monoisotopic (exact) mass is 440 g/mol. The second-order valence-corrected chi connectivity index (χ2v) is 7.15. The first-order valence-corrected chi connectivity index (χ1v) is 10.2. The Labute approximate surface area is 182 Å². The van der Waals surface area contributed by atoms with Crippen LogP contribution in [0.5, 0.6) is 0 Å². The number of hydrogen-bond donors (Lipinski definition) is 2. The Bertz CT molecular complexity index is 1100. The molecule has 1 aromatic carbocycles. The molecule has 3 rings (SSSR count). The first kappa shape index (κ1) is 21.9. The minimum absolute atomic E-state index is 0.101. The summed E-state index contributed by atoms with van der Waals surface area (Å²) in [5.74, 6) is -2.16. The van der Waals surface area contributed by atoms with Gasteiger partial charge in [-0.25, -0.2) is 19.6 Å². The second kappa shape index (κ2) is 9.81. The Hall–Kier alpha value is -3.79. The number of ether oxygens (including phenoxy) is 2. The number of rotatable bonds is 7. The first-order valence-electron chi connectivity index (χ1n) is 9.34. The fourth-order valence-corrected chi connectivity index (χ4v) is 3.64. The fraction of sp³-hybridized carbons (Fsp3) is 0.190. The highest BCUT2D eigenvalue weighted by Gasteiger charge is 2.26. The molecule has 0 aliphatic carbocycles. The molecule has 1 unspecified atom stereocenters. The van der Waals surface area contributed by atoms with Crippen molar-refractivity contribution in [2.75, 3.05) is 17.7 Å². The van der Waals surface area contributed by atoms with E-state index in [0.29, 0.717) is 10.6 Å². The molecule has 1 amide bonds. The average Bonchev–Trinajstić information content (AvgIpc) is 3.18. The summed E-state index contributed by atoms with van der Waals surface area (Å²) < 4.78 is 10.3. The number of nitrogens with one attached hydrogen (secondary N) is 1. The van der Waals surface area contributed by atoms with Crippen LogP contribution < -0.4 is 11.1 Å². The Balaban J connectivity index is 1.80. The van der Waals surface area contributed by atoms with Crippen LogP contribution in [0.15, 0.2) is 48.1 Å². The number of carbonyl (C=O) groups is 3. The number of thiophene rings is 1. The van der Waals surface area contributed by atoms with Gasteiger partial charge in [-0.15, -0.1) is 11.3 Å². The maximum Gasteiger partial charge on any atom is 0.361 e. The Morgan fingerprint density at radius 3 is 2.52 bits per heavy atom. The van der Waals surface area contributed by atoms with E-state index in [1.54, 1.807) is 12.3 Å². The number of anilines is 2. The minimum Gasteiger partial charge on any atom is -0.462 e. The van der Waals surface area contributed by atoms with E-state index in [4.69, 9.17) is 15.2 Å². The van der Waals surface area contributed by atoms with Gasteiger partial charge >= 0.3 is 11.9 Å². The van der Waals surface area contributed by atoms with Gasteiger partial charge in [-0.05, 0) is 19.4 Å². The van der Waals surface area contributed by atoms with E-state index < -0.39 is 23.9 Å². The SMILES string of the molecule is CCOC(=O)c1c(-c2ccccc2)csc1NC(=O)C(C)OC(=O)c1nccnc1N. The lowest BCUT2D eigenvalue weighted by molar-refractivity contribution is -0.123. The molecule has 1 atom stereocenters. The zero-order valence-corrected chi connectivity index (χ0v) is 17.6. The smallest absolute Gasteiger partial charge is 0.361 e. The minimum atomic E-state index is -1.17. The molecule has 0 radical (unpaired) electrons. The summed E-state index contributed by atoms with van der Waals surface area (Å²) in [6, 6.07) is 9.26. The zero-order chi connectivity index (χ0) is 22.4. The molecule has 10 heteroatoms. The predicted octanol–water partition coefficient (Wildman–Crippen LogP) is 3.15. The van der Waals surface area contributed by atoms with Crippen molar-refractivity contribution in [1.29, 1.82) is 0 Å². The fourth-order valence-electron chi connectivity index (χ4n) is 2.68. The van der Waals surface area contributed by atoms with E-state index in [0.717, 1.165) is 5.56 Å². The van der Waals surface area contributed by atoms with Gasteiger partial charge in [0.15, 0.2) is 17.6 Å². The molecule has 0 bridgehead atoms. The number of aromatic nitrogens is 2. The second-order valence-electron chi connectivity index (χ2n) is 6.27. The van der Waals surface area contributed by atoms with Crippen LogP contribution >= 0.6 is 11.3 Å². The van der Waals surface area contributed by atoms with Crippen molar-refractivity contribution in [3.63, 3.8) is 0 Å². The predicted molar refractivity (Wildman–Crippen MR) is 116 cm³/mol. The van der Waals surface area contributed by atoms with E-state index in [1.165, 1.54) is 30.7 Å².